The van der Waals surface area contributed by atoms with Crippen molar-refractivity contribution >= 4 is 40.1 Å². The van der Waals surface area contributed by atoms with Gasteiger partial charge in [-0.25, -0.2) is 4.79 Å². The van der Waals surface area contributed by atoms with Gasteiger partial charge in [-0.15, -0.1) is 0 Å². The Labute approximate surface area is 197 Å². The molecule has 180 valence electrons. The number of H-pyrrole nitrogens is 1. The summed E-state index contributed by atoms with van der Waals surface area (Å²) >= 11 is 5.62. The Kier molecular flexibility index (Phi) is 6.72. The average molecular weight is 495 g/mol. The second kappa shape index (κ2) is 9.55. The number of fused-ring (bicyclic) bond motifs is 3. The molecule has 1 aliphatic rings. The van der Waals surface area contributed by atoms with Crippen LogP contribution in [0.3, 0.4) is 0 Å². The third-order valence-electron chi connectivity index (χ3n) is 5.71. The first-order valence-electron chi connectivity index (χ1n) is 10.6. The molecule has 3 amide bonds. The zero-order chi connectivity index (χ0) is 24.5. The van der Waals surface area contributed by atoms with Gasteiger partial charge in [0.15, 0.2) is 0 Å². The van der Waals surface area contributed by atoms with Gasteiger partial charge in [0.25, 0.3) is 5.91 Å². The van der Waals surface area contributed by atoms with Crippen molar-refractivity contribution in [2.24, 2.45) is 0 Å². The molecule has 0 saturated carbocycles. The average Bonchev–Trinajstić information content (AvgIpc) is 3.15. The van der Waals surface area contributed by atoms with Crippen LogP contribution < -0.4 is 16.0 Å². The lowest BCUT2D eigenvalue weighted by Gasteiger charge is -2.24. The van der Waals surface area contributed by atoms with E-state index >= 15 is 0 Å². The van der Waals surface area contributed by atoms with E-state index in [4.69, 9.17) is 16.7 Å². The number of nitrogens with one attached hydrogen (secondary N) is 4. The smallest absolute Gasteiger partial charge is 0.395 e. The normalized spacial score (nSPS) is 15.6. The van der Waals surface area contributed by atoms with Crippen molar-refractivity contribution < 1.29 is 27.9 Å². The molecule has 0 saturated heterocycles. The van der Waals surface area contributed by atoms with Crippen molar-refractivity contribution in [3.63, 3.8) is 0 Å². The highest BCUT2D eigenvalue weighted by Gasteiger charge is 2.33. The van der Waals surface area contributed by atoms with E-state index in [0.717, 1.165) is 34.3 Å². The van der Waals surface area contributed by atoms with Crippen LogP contribution in [0.1, 0.15) is 33.6 Å². The number of hydrogen-bond donors (Lipinski definition) is 5. The standard InChI is InChI=1S/C23H22ClF3N4O3/c24-18-5-2-14(11-17(18)23(25,26)27)30-22(34)29-13-3-6-19-16(10-13)15-4-1-12(9-20(15)31-19)21(33)28-7-8-32/h1-2,4-5,9,11,13,31-32H,3,6-8,10H2,(H,28,33)(H2,29,30,34). The number of urea groups is 1. The highest BCUT2D eigenvalue weighted by molar-refractivity contribution is 6.31. The van der Waals surface area contributed by atoms with Gasteiger partial charge in [-0.1, -0.05) is 17.7 Å². The minimum absolute atomic E-state index is 0.00942. The largest absolute Gasteiger partial charge is 0.417 e. The van der Waals surface area contributed by atoms with E-state index in [2.05, 4.69) is 20.9 Å². The van der Waals surface area contributed by atoms with Crippen molar-refractivity contribution in [1.82, 2.24) is 15.6 Å². The molecular formula is C23H22ClF3N4O3. The minimum Gasteiger partial charge on any atom is -0.395 e. The predicted molar refractivity (Wildman–Crippen MR) is 122 cm³/mol. The third-order valence-corrected chi connectivity index (χ3v) is 6.04. The van der Waals surface area contributed by atoms with Gasteiger partial charge in [-0.2, -0.15) is 13.2 Å². The lowest BCUT2D eigenvalue weighted by Crippen LogP contribution is -2.41. The molecule has 1 aromatic heterocycles. The first-order valence-corrected chi connectivity index (χ1v) is 11.0. The SMILES string of the molecule is O=C(Nc1ccc(Cl)c(C(F)(F)F)c1)NC1CCc2[nH]c3cc(C(=O)NCCO)ccc3c2C1. The molecule has 0 fully saturated rings. The molecule has 5 N–H and O–H groups in total. The minimum atomic E-state index is -4.63. The molecule has 1 atom stereocenters. The lowest BCUT2D eigenvalue weighted by atomic mass is 9.91. The first-order chi connectivity index (χ1) is 16.2. The van der Waals surface area contributed by atoms with E-state index < -0.39 is 22.8 Å². The van der Waals surface area contributed by atoms with E-state index in [0.29, 0.717) is 24.8 Å². The molecule has 0 spiro atoms. The summed E-state index contributed by atoms with van der Waals surface area (Å²) in [5, 5.41) is 17.2. The number of aromatic nitrogens is 1. The number of hydrogen-bond acceptors (Lipinski definition) is 3. The fraction of sp³-hybridized carbons (Fsp3) is 0.304. The molecule has 1 aliphatic carbocycles. The number of halogens is 4. The second-order valence-electron chi connectivity index (χ2n) is 8.05. The molecule has 1 unspecified atom stereocenters. The Hall–Kier alpha value is -3.24. The van der Waals surface area contributed by atoms with E-state index in [1.54, 1.807) is 12.1 Å². The molecule has 0 radical (unpaired) electrons. The number of amides is 3. The first kappa shape index (κ1) is 23.9. The lowest BCUT2D eigenvalue weighted by molar-refractivity contribution is -0.137. The topological polar surface area (TPSA) is 106 Å². The Morgan fingerprint density at radius 3 is 2.71 bits per heavy atom. The molecule has 2 aromatic carbocycles. The summed E-state index contributed by atoms with van der Waals surface area (Å²) < 4.78 is 39.2. The van der Waals surface area contributed by atoms with Gasteiger partial charge >= 0.3 is 12.2 Å². The molecule has 4 rings (SSSR count). The summed E-state index contributed by atoms with van der Waals surface area (Å²) in [5.41, 5.74) is 2.29. The van der Waals surface area contributed by atoms with Crippen molar-refractivity contribution in [3.8, 4) is 0 Å². The number of aliphatic hydroxyl groups excluding tert-OH is 1. The summed E-state index contributed by atoms with van der Waals surface area (Å²) in [7, 11) is 0. The van der Waals surface area contributed by atoms with Gasteiger partial charge in [-0.05, 0) is 55.2 Å². The van der Waals surface area contributed by atoms with Crippen LogP contribution in [0.15, 0.2) is 36.4 Å². The maximum Gasteiger partial charge on any atom is 0.417 e. The number of carbonyl (C=O) groups is 2. The number of aromatic amines is 1. The van der Waals surface area contributed by atoms with Gasteiger partial charge in [0.1, 0.15) is 0 Å². The molecule has 7 nitrogen and oxygen atoms in total. The van der Waals surface area contributed by atoms with Crippen molar-refractivity contribution in [2.45, 2.75) is 31.5 Å². The molecule has 34 heavy (non-hydrogen) atoms. The Morgan fingerprint density at radius 1 is 1.18 bits per heavy atom. The molecule has 0 aliphatic heterocycles. The van der Waals surface area contributed by atoms with Crippen molar-refractivity contribution in [2.75, 3.05) is 18.5 Å². The molecular weight excluding hydrogens is 473 g/mol. The fourth-order valence-corrected chi connectivity index (χ4v) is 4.36. The van der Waals surface area contributed by atoms with Crippen LogP contribution >= 0.6 is 11.6 Å². The van der Waals surface area contributed by atoms with Gasteiger partial charge < -0.3 is 26.0 Å². The quantitative estimate of drug-likeness (QED) is 0.366. The number of rotatable bonds is 5. The molecule has 3 aromatic rings. The van der Waals surface area contributed by atoms with Gasteiger partial charge in [-0.3, -0.25) is 4.79 Å². The summed E-state index contributed by atoms with van der Waals surface area (Å²) in [6, 6.07) is 7.67. The van der Waals surface area contributed by atoms with Gasteiger partial charge in [0.2, 0.25) is 0 Å². The van der Waals surface area contributed by atoms with Crippen LogP contribution in [0.5, 0.6) is 0 Å². The maximum atomic E-state index is 13.1. The molecule has 11 heteroatoms. The number of aryl methyl sites for hydroxylation is 1. The monoisotopic (exact) mass is 494 g/mol. The van der Waals surface area contributed by atoms with Crippen LogP contribution in [-0.2, 0) is 19.0 Å². The predicted octanol–water partition coefficient (Wildman–Crippen LogP) is 4.24. The van der Waals surface area contributed by atoms with E-state index in [1.807, 2.05) is 6.07 Å². The van der Waals surface area contributed by atoms with Crippen LogP contribution in [0.2, 0.25) is 5.02 Å². The highest BCUT2D eigenvalue weighted by atomic mass is 35.5. The molecule has 0 bridgehead atoms. The molecule has 1 heterocycles. The number of carbonyl (C=O) groups excluding carboxylic acids is 2. The summed E-state index contributed by atoms with van der Waals surface area (Å²) in [5.74, 6) is -0.282. The number of alkyl halides is 3. The number of benzene rings is 2. The number of anilines is 1. The van der Waals surface area contributed by atoms with Crippen LogP contribution in [0.4, 0.5) is 23.7 Å². The van der Waals surface area contributed by atoms with E-state index in [1.165, 1.54) is 6.07 Å². The van der Waals surface area contributed by atoms with E-state index in [9.17, 15) is 22.8 Å². The van der Waals surface area contributed by atoms with Crippen LogP contribution in [0, 0.1) is 0 Å². The van der Waals surface area contributed by atoms with Gasteiger partial charge in [0.05, 0.1) is 17.2 Å². The maximum absolute atomic E-state index is 13.1. The van der Waals surface area contributed by atoms with Crippen molar-refractivity contribution in [1.29, 1.82) is 0 Å². The summed E-state index contributed by atoms with van der Waals surface area (Å²) in [4.78, 5) is 27.9. The third kappa shape index (κ3) is 5.13. The Morgan fingerprint density at radius 2 is 1.97 bits per heavy atom. The highest BCUT2D eigenvalue weighted by Crippen LogP contribution is 2.36. The van der Waals surface area contributed by atoms with Gasteiger partial charge in [0, 0.05) is 40.4 Å². The Bertz CT molecular complexity index is 1240. The number of aliphatic hydroxyl groups is 1. The van der Waals surface area contributed by atoms with Crippen LogP contribution in [-0.4, -0.2) is 41.2 Å². The fourth-order valence-electron chi connectivity index (χ4n) is 4.13. The summed E-state index contributed by atoms with van der Waals surface area (Å²) in [6.07, 6.45) is -2.78. The van der Waals surface area contributed by atoms with E-state index in [-0.39, 0.29) is 30.8 Å². The Balaban J connectivity index is 1.44. The zero-order valence-corrected chi connectivity index (χ0v) is 18.6. The zero-order valence-electron chi connectivity index (χ0n) is 17.9. The summed E-state index contributed by atoms with van der Waals surface area (Å²) in [6.45, 7) is 0.0231. The second-order valence-corrected chi connectivity index (χ2v) is 8.46. The van der Waals surface area contributed by atoms with Crippen molar-refractivity contribution in [3.05, 3.63) is 63.8 Å². The van der Waals surface area contributed by atoms with Crippen LogP contribution in [0.25, 0.3) is 10.9 Å².